The Hall–Kier alpha value is -2.41. The first kappa shape index (κ1) is 17.4. The lowest BCUT2D eigenvalue weighted by Gasteiger charge is -2.28. The minimum Gasteiger partial charge on any atom is -0.386 e. The van der Waals surface area contributed by atoms with Crippen molar-refractivity contribution in [2.24, 2.45) is 0 Å². The summed E-state index contributed by atoms with van der Waals surface area (Å²) in [6.45, 7) is 3.44. The largest absolute Gasteiger partial charge is 0.386 e. The molecule has 1 aliphatic rings. The maximum atomic E-state index is 12.5. The molecule has 1 aliphatic heterocycles. The van der Waals surface area contributed by atoms with Crippen LogP contribution >= 0.6 is 0 Å². The summed E-state index contributed by atoms with van der Waals surface area (Å²) in [6, 6.07) is 7.39. The predicted molar refractivity (Wildman–Crippen MR) is 93.5 cm³/mol. The van der Waals surface area contributed by atoms with Crippen molar-refractivity contribution in [3.05, 3.63) is 41.9 Å². The van der Waals surface area contributed by atoms with Crippen molar-refractivity contribution in [2.75, 3.05) is 31.6 Å². The molecular formula is C18H24N4O3. The Kier molecular flexibility index (Phi) is 5.03. The molecule has 3 heterocycles. The standard InChI is InChI=1S/C18H24N4O3/c1-3-6-14-11-15(20-25-14)17(23)21(2)12-18(24)8-10-22(13-18)16-7-4-5-9-19-16/h4-5,7,9,11,24H,3,6,8,10,12-13H2,1-2H3. The molecule has 2 aromatic rings. The topological polar surface area (TPSA) is 82.7 Å². The number of β-amino-alcohol motifs (C(OH)–C–C–N with tert-alkyl or cyclic N) is 1. The van der Waals surface area contributed by atoms with Gasteiger partial charge in [0.2, 0.25) is 0 Å². The number of amides is 1. The number of aryl methyl sites for hydroxylation is 1. The van der Waals surface area contributed by atoms with Crippen LogP contribution in [-0.4, -0.2) is 58.3 Å². The van der Waals surface area contributed by atoms with Gasteiger partial charge in [0.25, 0.3) is 5.91 Å². The van der Waals surface area contributed by atoms with Gasteiger partial charge in [0.1, 0.15) is 17.2 Å². The van der Waals surface area contributed by atoms with E-state index < -0.39 is 5.60 Å². The molecule has 1 N–H and O–H groups in total. The Labute approximate surface area is 147 Å². The van der Waals surface area contributed by atoms with Gasteiger partial charge in [-0.2, -0.15) is 0 Å². The van der Waals surface area contributed by atoms with Crippen LogP contribution in [0.1, 0.15) is 36.0 Å². The van der Waals surface area contributed by atoms with Crippen molar-refractivity contribution in [1.29, 1.82) is 0 Å². The van der Waals surface area contributed by atoms with Crippen molar-refractivity contribution in [2.45, 2.75) is 31.8 Å². The summed E-state index contributed by atoms with van der Waals surface area (Å²) in [7, 11) is 1.68. The number of aliphatic hydroxyl groups is 1. The fraction of sp³-hybridized carbons (Fsp3) is 0.500. The van der Waals surface area contributed by atoms with E-state index in [1.807, 2.05) is 30.0 Å². The zero-order valence-corrected chi connectivity index (χ0v) is 14.7. The third kappa shape index (κ3) is 3.99. The SMILES string of the molecule is CCCc1cc(C(=O)N(C)CC2(O)CCN(c3ccccn3)C2)no1. The average molecular weight is 344 g/mol. The molecule has 25 heavy (non-hydrogen) atoms. The minimum atomic E-state index is -0.960. The monoisotopic (exact) mass is 344 g/mol. The zero-order chi connectivity index (χ0) is 17.9. The van der Waals surface area contributed by atoms with Crippen LogP contribution in [0.15, 0.2) is 35.0 Å². The molecular weight excluding hydrogens is 320 g/mol. The number of hydrogen-bond acceptors (Lipinski definition) is 6. The van der Waals surface area contributed by atoms with E-state index in [0.717, 1.165) is 18.7 Å². The Morgan fingerprint density at radius 1 is 1.48 bits per heavy atom. The number of carbonyl (C=O) groups is 1. The van der Waals surface area contributed by atoms with Crippen LogP contribution in [0.2, 0.25) is 0 Å². The molecule has 0 spiro atoms. The zero-order valence-electron chi connectivity index (χ0n) is 14.7. The molecule has 1 amide bonds. The third-order valence-corrected chi connectivity index (χ3v) is 4.46. The van der Waals surface area contributed by atoms with Gasteiger partial charge >= 0.3 is 0 Å². The highest BCUT2D eigenvalue weighted by Crippen LogP contribution is 2.26. The van der Waals surface area contributed by atoms with E-state index in [-0.39, 0.29) is 18.1 Å². The van der Waals surface area contributed by atoms with Gasteiger partial charge in [0, 0.05) is 38.8 Å². The van der Waals surface area contributed by atoms with Crippen LogP contribution in [-0.2, 0) is 6.42 Å². The van der Waals surface area contributed by atoms with Crippen LogP contribution in [0.4, 0.5) is 5.82 Å². The first-order chi connectivity index (χ1) is 12.0. The molecule has 1 saturated heterocycles. The summed E-state index contributed by atoms with van der Waals surface area (Å²) in [6.07, 6.45) is 4.01. The van der Waals surface area contributed by atoms with E-state index in [2.05, 4.69) is 10.1 Å². The molecule has 2 aromatic heterocycles. The van der Waals surface area contributed by atoms with Crippen molar-refractivity contribution in [3.63, 3.8) is 0 Å². The Morgan fingerprint density at radius 3 is 3.04 bits per heavy atom. The lowest BCUT2D eigenvalue weighted by Crippen LogP contribution is -2.46. The van der Waals surface area contributed by atoms with Crippen LogP contribution < -0.4 is 4.90 Å². The van der Waals surface area contributed by atoms with Crippen LogP contribution in [0.3, 0.4) is 0 Å². The van der Waals surface area contributed by atoms with E-state index in [4.69, 9.17) is 4.52 Å². The molecule has 0 bridgehead atoms. The highest BCUT2D eigenvalue weighted by molar-refractivity contribution is 5.92. The van der Waals surface area contributed by atoms with Gasteiger partial charge in [-0.15, -0.1) is 0 Å². The Balaban J connectivity index is 1.61. The number of rotatable bonds is 6. The molecule has 0 saturated carbocycles. The molecule has 3 rings (SSSR count). The molecule has 1 fully saturated rings. The first-order valence-electron chi connectivity index (χ1n) is 8.60. The molecule has 1 unspecified atom stereocenters. The molecule has 134 valence electrons. The second-order valence-electron chi connectivity index (χ2n) is 6.67. The van der Waals surface area contributed by atoms with Crippen molar-refractivity contribution in [3.8, 4) is 0 Å². The van der Waals surface area contributed by atoms with Gasteiger partial charge < -0.3 is 19.4 Å². The van der Waals surface area contributed by atoms with Gasteiger partial charge in [0.05, 0.1) is 6.54 Å². The lowest BCUT2D eigenvalue weighted by atomic mass is 10.0. The van der Waals surface area contributed by atoms with Gasteiger partial charge in [0.15, 0.2) is 5.69 Å². The smallest absolute Gasteiger partial charge is 0.275 e. The van der Waals surface area contributed by atoms with Crippen LogP contribution in [0, 0.1) is 0 Å². The second-order valence-corrected chi connectivity index (χ2v) is 6.67. The van der Waals surface area contributed by atoms with Crippen LogP contribution in [0.5, 0.6) is 0 Å². The van der Waals surface area contributed by atoms with Gasteiger partial charge in [-0.05, 0) is 25.0 Å². The number of likely N-dealkylation sites (N-methyl/N-ethyl adjacent to an activating group) is 1. The molecule has 7 heteroatoms. The number of nitrogens with zero attached hydrogens (tertiary/aromatic N) is 4. The van der Waals surface area contributed by atoms with E-state index in [9.17, 15) is 9.90 Å². The Bertz CT molecular complexity index is 718. The quantitative estimate of drug-likeness (QED) is 0.859. The fourth-order valence-electron chi connectivity index (χ4n) is 3.21. The maximum Gasteiger partial charge on any atom is 0.275 e. The molecule has 0 radical (unpaired) electrons. The molecule has 0 aromatic carbocycles. The summed E-state index contributed by atoms with van der Waals surface area (Å²) in [4.78, 5) is 20.4. The summed E-state index contributed by atoms with van der Waals surface area (Å²) < 4.78 is 5.17. The minimum absolute atomic E-state index is 0.240. The van der Waals surface area contributed by atoms with Gasteiger partial charge in [-0.25, -0.2) is 4.98 Å². The fourth-order valence-corrected chi connectivity index (χ4v) is 3.21. The van der Waals surface area contributed by atoms with Crippen molar-refractivity contribution < 1.29 is 14.4 Å². The number of carbonyl (C=O) groups excluding carboxylic acids is 1. The number of anilines is 1. The first-order valence-corrected chi connectivity index (χ1v) is 8.60. The van der Waals surface area contributed by atoms with E-state index >= 15 is 0 Å². The average Bonchev–Trinajstić information content (AvgIpc) is 3.22. The van der Waals surface area contributed by atoms with Crippen molar-refractivity contribution >= 4 is 11.7 Å². The lowest BCUT2D eigenvalue weighted by molar-refractivity contribution is 0.0260. The summed E-state index contributed by atoms with van der Waals surface area (Å²) in [5.41, 5.74) is -0.674. The Morgan fingerprint density at radius 2 is 2.32 bits per heavy atom. The van der Waals surface area contributed by atoms with Gasteiger partial charge in [-0.1, -0.05) is 18.1 Å². The van der Waals surface area contributed by atoms with E-state index in [1.54, 1.807) is 19.3 Å². The van der Waals surface area contributed by atoms with E-state index in [1.165, 1.54) is 4.90 Å². The predicted octanol–water partition coefficient (Wildman–Crippen LogP) is 1.74. The summed E-state index contributed by atoms with van der Waals surface area (Å²) in [5, 5.41) is 14.7. The number of pyridine rings is 1. The summed E-state index contributed by atoms with van der Waals surface area (Å²) >= 11 is 0. The van der Waals surface area contributed by atoms with Crippen LogP contribution in [0.25, 0.3) is 0 Å². The molecule has 0 aliphatic carbocycles. The normalized spacial score (nSPS) is 20.0. The second kappa shape index (κ2) is 7.23. The maximum absolute atomic E-state index is 12.5. The van der Waals surface area contributed by atoms with E-state index in [0.29, 0.717) is 25.3 Å². The number of aromatic nitrogens is 2. The third-order valence-electron chi connectivity index (χ3n) is 4.46. The number of hydrogen-bond donors (Lipinski definition) is 1. The highest BCUT2D eigenvalue weighted by Gasteiger charge is 2.38. The highest BCUT2D eigenvalue weighted by atomic mass is 16.5. The van der Waals surface area contributed by atoms with Gasteiger partial charge in [-0.3, -0.25) is 4.79 Å². The molecule has 1 atom stereocenters. The van der Waals surface area contributed by atoms with Crippen molar-refractivity contribution in [1.82, 2.24) is 15.0 Å². The molecule has 7 nitrogen and oxygen atoms in total. The summed E-state index contributed by atoms with van der Waals surface area (Å²) in [5.74, 6) is 1.31.